The van der Waals surface area contributed by atoms with E-state index in [1.54, 1.807) is 7.05 Å². The number of hydrogen-bond donors (Lipinski definition) is 3. The van der Waals surface area contributed by atoms with Gasteiger partial charge in [0, 0.05) is 38.6 Å². The molecule has 3 unspecified atom stereocenters. The second-order valence-electron chi connectivity index (χ2n) is 7.22. The highest BCUT2D eigenvalue weighted by Crippen LogP contribution is 2.17. The minimum absolute atomic E-state index is 0. The largest absolute Gasteiger partial charge is 0.396 e. The van der Waals surface area contributed by atoms with Crippen LogP contribution < -0.4 is 10.6 Å². The lowest BCUT2D eigenvalue weighted by Gasteiger charge is -2.35. The summed E-state index contributed by atoms with van der Waals surface area (Å²) in [7, 11) is 1.79. The van der Waals surface area contributed by atoms with Crippen molar-refractivity contribution < 1.29 is 5.11 Å². The molecule has 1 saturated heterocycles. The van der Waals surface area contributed by atoms with Crippen molar-refractivity contribution >= 4 is 29.9 Å². The molecular weight excluding hydrogens is 439 g/mol. The molecule has 1 aliphatic heterocycles. The van der Waals surface area contributed by atoms with E-state index in [2.05, 4.69) is 46.5 Å². The van der Waals surface area contributed by atoms with Crippen molar-refractivity contribution in [2.45, 2.75) is 38.6 Å². The molecule has 26 heavy (non-hydrogen) atoms. The Bertz CT molecular complexity index is 526. The number of rotatable bonds is 7. The van der Waals surface area contributed by atoms with Crippen LogP contribution in [0.2, 0.25) is 0 Å². The summed E-state index contributed by atoms with van der Waals surface area (Å²) < 4.78 is 0. The lowest BCUT2D eigenvalue weighted by Crippen LogP contribution is -2.49. The maximum atomic E-state index is 9.67. The molecule has 0 saturated carbocycles. The maximum Gasteiger partial charge on any atom is 0.191 e. The first kappa shape index (κ1) is 23.2. The van der Waals surface area contributed by atoms with E-state index in [0.717, 1.165) is 24.0 Å². The Morgan fingerprint density at radius 1 is 1.27 bits per heavy atom. The topological polar surface area (TPSA) is 59.9 Å². The summed E-state index contributed by atoms with van der Waals surface area (Å²) in [5.74, 6) is 1.66. The van der Waals surface area contributed by atoms with Gasteiger partial charge in [0.05, 0.1) is 6.61 Å². The van der Waals surface area contributed by atoms with Crippen molar-refractivity contribution in [1.29, 1.82) is 0 Å². The molecule has 148 valence electrons. The summed E-state index contributed by atoms with van der Waals surface area (Å²) >= 11 is 0. The van der Waals surface area contributed by atoms with Crippen molar-refractivity contribution in [2.75, 3.05) is 39.8 Å². The molecule has 0 radical (unpaired) electrons. The van der Waals surface area contributed by atoms with Gasteiger partial charge in [-0.25, -0.2) is 0 Å². The van der Waals surface area contributed by atoms with E-state index in [-0.39, 0.29) is 36.5 Å². The van der Waals surface area contributed by atoms with Crippen molar-refractivity contribution in [1.82, 2.24) is 15.5 Å². The lowest BCUT2D eigenvalue weighted by molar-refractivity contribution is 0.139. The Hall–Kier alpha value is -0.860. The van der Waals surface area contributed by atoms with Crippen LogP contribution in [0.4, 0.5) is 0 Å². The first-order valence-corrected chi connectivity index (χ1v) is 9.48. The lowest BCUT2D eigenvalue weighted by atomic mass is 9.99. The molecule has 6 heteroatoms. The van der Waals surface area contributed by atoms with Crippen LogP contribution in [-0.2, 0) is 0 Å². The minimum atomic E-state index is 0. The smallest absolute Gasteiger partial charge is 0.191 e. The number of piperidine rings is 1. The van der Waals surface area contributed by atoms with E-state index in [1.165, 1.54) is 25.9 Å². The van der Waals surface area contributed by atoms with Crippen LogP contribution in [-0.4, -0.2) is 61.8 Å². The van der Waals surface area contributed by atoms with Crippen LogP contribution in [0, 0.1) is 5.92 Å². The summed E-state index contributed by atoms with van der Waals surface area (Å²) in [5.41, 5.74) is 1.14. The molecule has 1 fully saturated rings. The highest BCUT2D eigenvalue weighted by atomic mass is 127. The predicted octanol–water partition coefficient (Wildman–Crippen LogP) is 2.67. The quantitative estimate of drug-likeness (QED) is 0.323. The number of aliphatic hydroxyl groups excluding tert-OH is 1. The molecule has 2 rings (SSSR count). The SMILES string of the molecule is CN=C(NCC(CO)c1ccccc1)NCC(C)N1CCCC(C)C1.I. The molecule has 1 aliphatic rings. The third-order valence-electron chi connectivity index (χ3n) is 5.11. The van der Waals surface area contributed by atoms with Crippen LogP contribution in [0.3, 0.4) is 0 Å². The summed E-state index contributed by atoms with van der Waals surface area (Å²) in [6, 6.07) is 10.6. The van der Waals surface area contributed by atoms with Gasteiger partial charge in [-0.15, -0.1) is 24.0 Å². The van der Waals surface area contributed by atoms with Gasteiger partial charge < -0.3 is 15.7 Å². The van der Waals surface area contributed by atoms with Crippen molar-refractivity contribution in [3.05, 3.63) is 35.9 Å². The Morgan fingerprint density at radius 2 is 1.96 bits per heavy atom. The normalized spacial score (nSPS) is 20.8. The molecule has 3 atom stereocenters. The number of nitrogens with one attached hydrogen (secondary N) is 2. The average Bonchev–Trinajstić information content (AvgIpc) is 2.65. The van der Waals surface area contributed by atoms with Gasteiger partial charge in [-0.05, 0) is 37.8 Å². The van der Waals surface area contributed by atoms with Crippen molar-refractivity contribution in [3.63, 3.8) is 0 Å². The highest BCUT2D eigenvalue weighted by molar-refractivity contribution is 14.0. The number of guanidine groups is 1. The fourth-order valence-corrected chi connectivity index (χ4v) is 3.45. The van der Waals surface area contributed by atoms with Crippen LogP contribution in [0.15, 0.2) is 35.3 Å². The molecule has 0 aromatic heterocycles. The van der Waals surface area contributed by atoms with Crippen LogP contribution in [0.5, 0.6) is 0 Å². The van der Waals surface area contributed by atoms with E-state index >= 15 is 0 Å². The summed E-state index contributed by atoms with van der Waals surface area (Å²) in [6.07, 6.45) is 2.65. The molecule has 0 bridgehead atoms. The van der Waals surface area contributed by atoms with Gasteiger partial charge >= 0.3 is 0 Å². The molecule has 1 aromatic rings. The second-order valence-corrected chi connectivity index (χ2v) is 7.22. The third kappa shape index (κ3) is 7.40. The fraction of sp³-hybridized carbons (Fsp3) is 0.650. The fourth-order valence-electron chi connectivity index (χ4n) is 3.45. The Labute approximate surface area is 175 Å². The molecule has 3 N–H and O–H groups in total. The third-order valence-corrected chi connectivity index (χ3v) is 5.11. The molecule has 0 spiro atoms. The van der Waals surface area contributed by atoms with Crippen LogP contribution in [0.1, 0.15) is 38.2 Å². The van der Waals surface area contributed by atoms with Gasteiger partial charge in [0.2, 0.25) is 0 Å². The number of aliphatic imine (C=N–C) groups is 1. The minimum Gasteiger partial charge on any atom is -0.396 e. The molecular formula is C20H35IN4O. The van der Waals surface area contributed by atoms with E-state index < -0.39 is 0 Å². The first-order chi connectivity index (χ1) is 12.1. The number of likely N-dealkylation sites (tertiary alicyclic amines) is 1. The van der Waals surface area contributed by atoms with E-state index in [4.69, 9.17) is 0 Å². The standard InChI is InChI=1S/C20H34N4O.HI/c1-16-8-7-11-24(14-16)17(2)12-22-20(21-3)23-13-19(15-25)18-9-5-4-6-10-18;/h4-6,9-10,16-17,19,25H,7-8,11-15H2,1-3H3,(H2,21,22,23);1H. The molecule has 1 heterocycles. The molecule has 1 aromatic carbocycles. The zero-order valence-corrected chi connectivity index (χ0v) is 18.6. The maximum absolute atomic E-state index is 9.67. The predicted molar refractivity (Wildman–Crippen MR) is 120 cm³/mol. The van der Waals surface area contributed by atoms with E-state index in [0.29, 0.717) is 12.6 Å². The van der Waals surface area contributed by atoms with Gasteiger partial charge in [0.25, 0.3) is 0 Å². The molecule has 0 amide bonds. The number of benzene rings is 1. The zero-order valence-electron chi connectivity index (χ0n) is 16.3. The van der Waals surface area contributed by atoms with Gasteiger partial charge in [0.15, 0.2) is 5.96 Å². The summed E-state index contributed by atoms with van der Waals surface area (Å²) in [6.45, 7) is 8.66. The zero-order chi connectivity index (χ0) is 18.1. The number of hydrogen-bond acceptors (Lipinski definition) is 3. The summed E-state index contributed by atoms with van der Waals surface area (Å²) in [4.78, 5) is 6.88. The van der Waals surface area contributed by atoms with Gasteiger partial charge in [0.1, 0.15) is 0 Å². The highest BCUT2D eigenvalue weighted by Gasteiger charge is 2.21. The van der Waals surface area contributed by atoms with Crippen molar-refractivity contribution in [3.8, 4) is 0 Å². The van der Waals surface area contributed by atoms with Crippen molar-refractivity contribution in [2.24, 2.45) is 10.9 Å². The Balaban J connectivity index is 0.00000338. The average molecular weight is 474 g/mol. The number of nitrogens with zero attached hydrogens (tertiary/aromatic N) is 2. The van der Waals surface area contributed by atoms with Crippen LogP contribution >= 0.6 is 24.0 Å². The molecule has 5 nitrogen and oxygen atoms in total. The number of halogens is 1. The van der Waals surface area contributed by atoms with E-state index in [1.807, 2.05) is 18.2 Å². The second kappa shape index (κ2) is 12.5. The van der Waals surface area contributed by atoms with Crippen LogP contribution in [0.25, 0.3) is 0 Å². The molecule has 0 aliphatic carbocycles. The number of aliphatic hydroxyl groups is 1. The first-order valence-electron chi connectivity index (χ1n) is 9.48. The Morgan fingerprint density at radius 3 is 2.58 bits per heavy atom. The summed E-state index contributed by atoms with van der Waals surface area (Å²) in [5, 5.41) is 16.4. The Kier molecular flexibility index (Phi) is 11.2. The van der Waals surface area contributed by atoms with Gasteiger partial charge in [-0.1, -0.05) is 37.3 Å². The van der Waals surface area contributed by atoms with Gasteiger partial charge in [-0.3, -0.25) is 9.89 Å². The monoisotopic (exact) mass is 474 g/mol. The van der Waals surface area contributed by atoms with Gasteiger partial charge in [-0.2, -0.15) is 0 Å². The van der Waals surface area contributed by atoms with E-state index in [9.17, 15) is 5.11 Å².